The Labute approximate surface area is 124 Å². The zero-order valence-electron chi connectivity index (χ0n) is 10.9. The number of nitro groups is 1. The Balaban J connectivity index is 1.64. The Kier molecular flexibility index (Phi) is 3.65. The summed E-state index contributed by atoms with van der Waals surface area (Å²) in [5.74, 6) is 0.718. The molecule has 0 aliphatic heterocycles. The third kappa shape index (κ3) is 3.09. The van der Waals surface area contributed by atoms with Gasteiger partial charge in [0.1, 0.15) is 0 Å². The molecule has 3 rings (SSSR count). The maximum atomic E-state index is 10.6. The molecule has 0 saturated carbocycles. The van der Waals surface area contributed by atoms with E-state index >= 15 is 0 Å². The van der Waals surface area contributed by atoms with Crippen molar-refractivity contribution in [3.05, 3.63) is 64.0 Å². The van der Waals surface area contributed by atoms with E-state index in [2.05, 4.69) is 10.3 Å². The molecule has 6 nitrogen and oxygen atoms in total. The summed E-state index contributed by atoms with van der Waals surface area (Å²) in [6, 6.07) is 9.30. The highest BCUT2D eigenvalue weighted by Crippen LogP contribution is 2.24. The van der Waals surface area contributed by atoms with E-state index in [1.807, 2.05) is 24.3 Å². The number of nitrogens with zero attached hydrogens (tertiary/aromatic N) is 2. The molecule has 3 aromatic rings. The molecule has 1 N–H and O–H groups in total. The van der Waals surface area contributed by atoms with Crippen LogP contribution >= 0.6 is 11.3 Å². The zero-order valence-corrected chi connectivity index (χ0v) is 11.7. The normalized spacial score (nSPS) is 10.5. The predicted octanol–water partition coefficient (Wildman–Crippen LogP) is 3.92. The first-order valence-corrected chi connectivity index (χ1v) is 7.05. The van der Waals surface area contributed by atoms with E-state index in [0.29, 0.717) is 6.54 Å². The highest BCUT2D eigenvalue weighted by atomic mass is 32.1. The second-order valence-electron chi connectivity index (χ2n) is 4.35. The smallest absolute Gasteiger partial charge is 0.324 e. The van der Waals surface area contributed by atoms with Crippen LogP contribution in [-0.2, 0) is 6.54 Å². The molecule has 0 fully saturated rings. The summed E-state index contributed by atoms with van der Waals surface area (Å²) < 4.78 is 5.22. The molecule has 0 aliphatic rings. The van der Waals surface area contributed by atoms with E-state index < -0.39 is 0 Å². The molecular formula is C14H11N3O3S. The highest BCUT2D eigenvalue weighted by molar-refractivity contribution is 7.13. The summed E-state index contributed by atoms with van der Waals surface area (Å²) in [5, 5.41) is 15.8. The van der Waals surface area contributed by atoms with E-state index in [4.69, 9.17) is 4.42 Å². The molecule has 0 radical (unpaired) electrons. The van der Waals surface area contributed by atoms with Gasteiger partial charge in [-0.15, -0.1) is 0 Å². The van der Waals surface area contributed by atoms with Crippen LogP contribution in [0.25, 0.3) is 11.3 Å². The van der Waals surface area contributed by atoms with Gasteiger partial charge in [-0.05, 0) is 29.8 Å². The summed E-state index contributed by atoms with van der Waals surface area (Å²) in [5.41, 5.74) is 2.78. The minimum atomic E-state index is -0.375. The minimum absolute atomic E-state index is 0.160. The van der Waals surface area contributed by atoms with Crippen LogP contribution < -0.4 is 5.32 Å². The third-order valence-electron chi connectivity index (χ3n) is 2.92. The first kappa shape index (κ1) is 13.3. The third-order valence-corrected chi connectivity index (χ3v) is 3.85. The fraction of sp³-hybridized carbons (Fsp3) is 0.0714. The van der Waals surface area contributed by atoms with Gasteiger partial charge in [-0.2, -0.15) is 0 Å². The molecular weight excluding hydrogens is 290 g/mol. The number of oxazole rings is 1. The van der Waals surface area contributed by atoms with Crippen LogP contribution in [0.1, 0.15) is 5.56 Å². The SMILES string of the molecule is O=[N+]([O-])c1cc(CNc2ccc(-c3cnco3)cc2)cs1. The van der Waals surface area contributed by atoms with Crippen molar-refractivity contribution in [2.75, 3.05) is 5.32 Å². The maximum absolute atomic E-state index is 10.6. The fourth-order valence-corrected chi connectivity index (χ4v) is 2.59. The molecule has 0 bridgehead atoms. The second kappa shape index (κ2) is 5.76. The molecule has 0 spiro atoms. The Bertz CT molecular complexity index is 735. The van der Waals surface area contributed by atoms with Crippen LogP contribution in [0.15, 0.2) is 52.7 Å². The summed E-state index contributed by atoms with van der Waals surface area (Å²) in [7, 11) is 0. The van der Waals surface area contributed by atoms with Crippen LogP contribution in [0.2, 0.25) is 0 Å². The van der Waals surface area contributed by atoms with E-state index in [1.54, 1.807) is 17.6 Å². The van der Waals surface area contributed by atoms with Crippen LogP contribution in [0.5, 0.6) is 0 Å². The zero-order chi connectivity index (χ0) is 14.7. The average molecular weight is 301 g/mol. The molecule has 0 unspecified atom stereocenters. The standard InChI is InChI=1S/C14H11N3O3S/c18-17(19)14-5-10(8-21-14)6-16-12-3-1-11(2-4-12)13-7-15-9-20-13/h1-5,7-9,16H,6H2. The lowest BCUT2D eigenvalue weighted by atomic mass is 10.1. The number of hydrogen-bond donors (Lipinski definition) is 1. The first-order chi connectivity index (χ1) is 10.2. The van der Waals surface area contributed by atoms with Crippen LogP contribution in [0.4, 0.5) is 10.7 Å². The lowest BCUT2D eigenvalue weighted by molar-refractivity contribution is -0.380. The van der Waals surface area contributed by atoms with Gasteiger partial charge in [0.2, 0.25) is 0 Å². The number of anilines is 1. The van der Waals surface area contributed by atoms with Gasteiger partial charge in [0.25, 0.3) is 0 Å². The van der Waals surface area contributed by atoms with Gasteiger partial charge < -0.3 is 9.73 Å². The molecule has 0 atom stereocenters. The quantitative estimate of drug-likeness (QED) is 0.570. The van der Waals surface area contributed by atoms with E-state index in [0.717, 1.165) is 33.9 Å². The number of nitrogens with one attached hydrogen (secondary N) is 1. The molecule has 0 saturated heterocycles. The molecule has 0 amide bonds. The lowest BCUT2D eigenvalue weighted by Gasteiger charge is -2.05. The topological polar surface area (TPSA) is 81.2 Å². The van der Waals surface area contributed by atoms with Crippen molar-refractivity contribution in [2.24, 2.45) is 0 Å². The van der Waals surface area contributed by atoms with Crippen molar-refractivity contribution in [1.82, 2.24) is 4.98 Å². The highest BCUT2D eigenvalue weighted by Gasteiger charge is 2.09. The molecule has 2 heterocycles. The van der Waals surface area contributed by atoms with Gasteiger partial charge in [-0.3, -0.25) is 10.1 Å². The summed E-state index contributed by atoms with van der Waals surface area (Å²) in [4.78, 5) is 14.1. The van der Waals surface area contributed by atoms with Crippen molar-refractivity contribution in [3.8, 4) is 11.3 Å². The Morgan fingerprint density at radius 2 is 2.14 bits per heavy atom. The van der Waals surface area contributed by atoms with Crippen LogP contribution in [-0.4, -0.2) is 9.91 Å². The minimum Gasteiger partial charge on any atom is -0.444 e. The molecule has 21 heavy (non-hydrogen) atoms. The van der Waals surface area contributed by atoms with Gasteiger partial charge in [0.05, 0.1) is 11.1 Å². The van der Waals surface area contributed by atoms with Gasteiger partial charge >= 0.3 is 5.00 Å². The van der Waals surface area contributed by atoms with Gasteiger partial charge in [-0.1, -0.05) is 11.3 Å². The van der Waals surface area contributed by atoms with E-state index in [1.165, 1.54) is 6.39 Å². The number of thiophene rings is 1. The van der Waals surface area contributed by atoms with Crippen molar-refractivity contribution in [3.63, 3.8) is 0 Å². The van der Waals surface area contributed by atoms with Crippen molar-refractivity contribution >= 4 is 22.0 Å². The largest absolute Gasteiger partial charge is 0.444 e. The van der Waals surface area contributed by atoms with Crippen LogP contribution in [0, 0.1) is 10.1 Å². The van der Waals surface area contributed by atoms with Crippen molar-refractivity contribution < 1.29 is 9.34 Å². The number of benzene rings is 1. The number of aromatic nitrogens is 1. The Morgan fingerprint density at radius 3 is 2.76 bits per heavy atom. The Hall–Kier alpha value is -2.67. The Morgan fingerprint density at radius 1 is 1.33 bits per heavy atom. The molecule has 2 aromatic heterocycles. The number of rotatable bonds is 5. The van der Waals surface area contributed by atoms with E-state index in [-0.39, 0.29) is 9.92 Å². The molecule has 7 heteroatoms. The van der Waals surface area contributed by atoms with Gasteiger partial charge in [0, 0.05) is 29.2 Å². The molecule has 0 aliphatic carbocycles. The summed E-state index contributed by atoms with van der Waals surface area (Å²) >= 11 is 1.14. The first-order valence-electron chi connectivity index (χ1n) is 6.17. The predicted molar refractivity (Wildman–Crippen MR) is 80.2 cm³/mol. The summed E-state index contributed by atoms with van der Waals surface area (Å²) in [6.07, 6.45) is 3.05. The second-order valence-corrected chi connectivity index (χ2v) is 5.24. The molecule has 106 valence electrons. The average Bonchev–Trinajstić information content (AvgIpc) is 3.17. The lowest BCUT2D eigenvalue weighted by Crippen LogP contribution is -1.97. The van der Waals surface area contributed by atoms with E-state index in [9.17, 15) is 10.1 Å². The summed E-state index contributed by atoms with van der Waals surface area (Å²) in [6.45, 7) is 0.548. The maximum Gasteiger partial charge on any atom is 0.324 e. The van der Waals surface area contributed by atoms with Crippen molar-refractivity contribution in [1.29, 1.82) is 0 Å². The fourth-order valence-electron chi connectivity index (χ4n) is 1.87. The van der Waals surface area contributed by atoms with Crippen LogP contribution in [0.3, 0.4) is 0 Å². The molecule has 1 aromatic carbocycles. The van der Waals surface area contributed by atoms with Crippen molar-refractivity contribution in [2.45, 2.75) is 6.54 Å². The number of hydrogen-bond acceptors (Lipinski definition) is 6. The monoisotopic (exact) mass is 301 g/mol. The van der Waals surface area contributed by atoms with Gasteiger partial charge in [0.15, 0.2) is 12.2 Å². The van der Waals surface area contributed by atoms with Gasteiger partial charge in [-0.25, -0.2) is 4.98 Å².